The van der Waals surface area contributed by atoms with Crippen LogP contribution in [0.3, 0.4) is 0 Å². The minimum Gasteiger partial charge on any atom is -0.312 e. The van der Waals surface area contributed by atoms with Crippen molar-refractivity contribution >= 4 is 23.1 Å². The van der Waals surface area contributed by atoms with Crippen LogP contribution in [0.4, 0.5) is 0 Å². The molecular weight excluding hydrogens is 260 g/mol. The summed E-state index contributed by atoms with van der Waals surface area (Å²) in [5, 5.41) is 5.95. The Morgan fingerprint density at radius 1 is 1.56 bits per heavy atom. The van der Waals surface area contributed by atoms with Gasteiger partial charge in [0, 0.05) is 35.0 Å². The van der Waals surface area contributed by atoms with E-state index in [1.807, 2.05) is 11.3 Å². The molecule has 0 bridgehead atoms. The van der Waals surface area contributed by atoms with E-state index in [0.717, 1.165) is 6.54 Å². The van der Waals surface area contributed by atoms with Gasteiger partial charge in [-0.1, -0.05) is 13.0 Å². The number of hydrogen-bond donors (Lipinski definition) is 1. The van der Waals surface area contributed by atoms with Crippen LogP contribution >= 0.6 is 23.1 Å². The van der Waals surface area contributed by atoms with Crippen LogP contribution in [0.15, 0.2) is 17.5 Å². The Bertz CT molecular complexity index is 327. The van der Waals surface area contributed by atoms with Crippen molar-refractivity contribution in [1.82, 2.24) is 10.2 Å². The standard InChI is InChI=1S/C14H24N2S2/c1-3-6-15-13(10-12-5-4-8-18-12)14-11-17-9-7-16(14)2/h4-5,8,13-15H,3,6-7,9-11H2,1-2H3. The van der Waals surface area contributed by atoms with Crippen molar-refractivity contribution in [3.05, 3.63) is 22.4 Å². The number of hydrogen-bond acceptors (Lipinski definition) is 4. The summed E-state index contributed by atoms with van der Waals surface area (Å²) in [5.41, 5.74) is 0. The van der Waals surface area contributed by atoms with E-state index in [4.69, 9.17) is 0 Å². The SMILES string of the molecule is CCCNC(Cc1cccs1)C1CSCCN1C. The highest BCUT2D eigenvalue weighted by Gasteiger charge is 2.27. The van der Waals surface area contributed by atoms with Crippen molar-refractivity contribution in [3.63, 3.8) is 0 Å². The van der Waals surface area contributed by atoms with Crippen LogP contribution in [0.2, 0.25) is 0 Å². The molecule has 1 N–H and O–H groups in total. The van der Waals surface area contributed by atoms with Gasteiger partial charge in [-0.25, -0.2) is 0 Å². The van der Waals surface area contributed by atoms with Crippen LogP contribution in [-0.4, -0.2) is 48.6 Å². The fourth-order valence-electron chi connectivity index (χ4n) is 2.45. The lowest BCUT2D eigenvalue weighted by Gasteiger charge is -2.38. The molecule has 2 unspecified atom stereocenters. The first-order valence-corrected chi connectivity index (χ1v) is 8.88. The highest BCUT2D eigenvalue weighted by molar-refractivity contribution is 7.99. The highest BCUT2D eigenvalue weighted by atomic mass is 32.2. The Labute approximate surface area is 119 Å². The monoisotopic (exact) mass is 284 g/mol. The number of nitrogens with one attached hydrogen (secondary N) is 1. The third-order valence-corrected chi connectivity index (χ3v) is 5.51. The molecule has 18 heavy (non-hydrogen) atoms. The van der Waals surface area contributed by atoms with Crippen molar-refractivity contribution < 1.29 is 0 Å². The number of likely N-dealkylation sites (N-methyl/N-ethyl adjacent to an activating group) is 1. The molecule has 1 saturated heterocycles. The molecule has 1 aromatic rings. The van der Waals surface area contributed by atoms with Crippen LogP contribution in [-0.2, 0) is 6.42 Å². The summed E-state index contributed by atoms with van der Waals surface area (Å²) in [5.74, 6) is 2.55. The third-order valence-electron chi connectivity index (χ3n) is 3.57. The Kier molecular flexibility index (Phi) is 6.02. The zero-order chi connectivity index (χ0) is 12.8. The lowest BCUT2D eigenvalue weighted by Crippen LogP contribution is -2.53. The average Bonchev–Trinajstić information content (AvgIpc) is 2.88. The van der Waals surface area contributed by atoms with E-state index >= 15 is 0 Å². The van der Waals surface area contributed by atoms with Crippen molar-refractivity contribution in [2.75, 3.05) is 31.6 Å². The molecule has 1 aliphatic rings. The molecule has 2 heterocycles. The molecule has 4 heteroatoms. The fourth-order valence-corrected chi connectivity index (χ4v) is 4.53. The molecule has 2 atom stereocenters. The number of thioether (sulfide) groups is 1. The molecule has 2 rings (SSSR count). The van der Waals surface area contributed by atoms with Gasteiger partial charge in [0.15, 0.2) is 0 Å². The Balaban J connectivity index is 1.98. The Morgan fingerprint density at radius 2 is 2.44 bits per heavy atom. The molecule has 0 amide bonds. The second-order valence-corrected chi connectivity index (χ2v) is 7.15. The first-order valence-electron chi connectivity index (χ1n) is 6.85. The summed E-state index contributed by atoms with van der Waals surface area (Å²) in [6, 6.07) is 5.70. The molecule has 0 radical (unpaired) electrons. The zero-order valence-corrected chi connectivity index (χ0v) is 13.0. The molecule has 1 aromatic heterocycles. The topological polar surface area (TPSA) is 15.3 Å². The van der Waals surface area contributed by atoms with Crippen molar-refractivity contribution in [1.29, 1.82) is 0 Å². The molecule has 1 aliphatic heterocycles. The summed E-state index contributed by atoms with van der Waals surface area (Å²) in [6.45, 7) is 4.60. The lowest BCUT2D eigenvalue weighted by molar-refractivity contribution is 0.214. The second-order valence-electron chi connectivity index (χ2n) is 4.97. The number of rotatable bonds is 6. The van der Waals surface area contributed by atoms with E-state index in [2.05, 4.69) is 53.5 Å². The summed E-state index contributed by atoms with van der Waals surface area (Å²) in [7, 11) is 2.28. The van der Waals surface area contributed by atoms with E-state index in [-0.39, 0.29) is 0 Å². The maximum atomic E-state index is 3.76. The van der Waals surface area contributed by atoms with Crippen molar-refractivity contribution in [2.45, 2.75) is 31.8 Å². The van der Waals surface area contributed by atoms with Gasteiger partial charge < -0.3 is 10.2 Å². The first-order chi connectivity index (χ1) is 8.81. The maximum absolute atomic E-state index is 3.76. The van der Waals surface area contributed by atoms with Gasteiger partial charge in [-0.2, -0.15) is 11.8 Å². The largest absolute Gasteiger partial charge is 0.312 e. The van der Waals surface area contributed by atoms with Crippen LogP contribution in [0.25, 0.3) is 0 Å². The van der Waals surface area contributed by atoms with Gasteiger partial charge in [0.1, 0.15) is 0 Å². The highest BCUT2D eigenvalue weighted by Crippen LogP contribution is 2.21. The fraction of sp³-hybridized carbons (Fsp3) is 0.714. The summed E-state index contributed by atoms with van der Waals surface area (Å²) < 4.78 is 0. The van der Waals surface area contributed by atoms with Crippen LogP contribution in [0.5, 0.6) is 0 Å². The summed E-state index contributed by atoms with van der Waals surface area (Å²) in [4.78, 5) is 4.05. The van der Waals surface area contributed by atoms with Crippen LogP contribution < -0.4 is 5.32 Å². The van der Waals surface area contributed by atoms with Gasteiger partial charge in [0.25, 0.3) is 0 Å². The van der Waals surface area contributed by atoms with Gasteiger partial charge in [-0.3, -0.25) is 0 Å². The molecule has 0 spiro atoms. The van der Waals surface area contributed by atoms with Gasteiger partial charge >= 0.3 is 0 Å². The number of thiophene rings is 1. The van der Waals surface area contributed by atoms with E-state index in [0.29, 0.717) is 12.1 Å². The summed E-state index contributed by atoms with van der Waals surface area (Å²) >= 11 is 3.99. The quantitative estimate of drug-likeness (QED) is 0.865. The smallest absolute Gasteiger partial charge is 0.0340 e. The number of nitrogens with zero attached hydrogens (tertiary/aromatic N) is 1. The first kappa shape index (κ1) is 14.4. The molecule has 2 nitrogen and oxygen atoms in total. The van der Waals surface area contributed by atoms with E-state index in [1.54, 1.807) is 0 Å². The minimum absolute atomic E-state index is 0.599. The van der Waals surface area contributed by atoms with E-state index in [1.165, 1.54) is 35.8 Å². The van der Waals surface area contributed by atoms with E-state index < -0.39 is 0 Å². The van der Waals surface area contributed by atoms with Crippen molar-refractivity contribution in [3.8, 4) is 0 Å². The van der Waals surface area contributed by atoms with E-state index in [9.17, 15) is 0 Å². The van der Waals surface area contributed by atoms with Crippen LogP contribution in [0.1, 0.15) is 18.2 Å². The second kappa shape index (κ2) is 7.53. The molecule has 0 saturated carbocycles. The molecule has 102 valence electrons. The van der Waals surface area contributed by atoms with Crippen LogP contribution in [0, 0.1) is 0 Å². The molecule has 1 fully saturated rings. The van der Waals surface area contributed by atoms with Gasteiger partial charge in [-0.05, 0) is 37.9 Å². The minimum atomic E-state index is 0.599. The Morgan fingerprint density at radius 3 is 3.11 bits per heavy atom. The normalized spacial score (nSPS) is 23.1. The predicted octanol–water partition coefficient (Wildman–Crippen LogP) is 2.71. The third kappa shape index (κ3) is 3.98. The molecule has 0 aliphatic carbocycles. The predicted molar refractivity (Wildman–Crippen MR) is 83.8 cm³/mol. The maximum Gasteiger partial charge on any atom is 0.0340 e. The van der Waals surface area contributed by atoms with Gasteiger partial charge in [0.05, 0.1) is 0 Å². The molecule has 0 aromatic carbocycles. The average molecular weight is 284 g/mol. The summed E-state index contributed by atoms with van der Waals surface area (Å²) in [6.07, 6.45) is 2.39. The zero-order valence-electron chi connectivity index (χ0n) is 11.4. The van der Waals surface area contributed by atoms with Crippen molar-refractivity contribution in [2.24, 2.45) is 0 Å². The molecular formula is C14H24N2S2. The lowest BCUT2D eigenvalue weighted by atomic mass is 10.0. The van der Waals surface area contributed by atoms with Gasteiger partial charge in [-0.15, -0.1) is 11.3 Å². The Hall–Kier alpha value is -0.0300. The van der Waals surface area contributed by atoms with Gasteiger partial charge in [0.2, 0.25) is 0 Å².